The van der Waals surface area contributed by atoms with Crippen molar-refractivity contribution < 1.29 is 21.6 Å². The van der Waals surface area contributed by atoms with Gasteiger partial charge in [0.05, 0.1) is 9.64 Å². The van der Waals surface area contributed by atoms with Gasteiger partial charge in [0.15, 0.2) is 0 Å². The summed E-state index contributed by atoms with van der Waals surface area (Å²) in [7, 11) is -6.94. The lowest BCUT2D eigenvalue weighted by Gasteiger charge is -2.26. The first-order valence-corrected chi connectivity index (χ1v) is 13.2. The van der Waals surface area contributed by atoms with E-state index in [2.05, 4.69) is 10.0 Å². The summed E-state index contributed by atoms with van der Waals surface area (Å²) in [5.74, 6) is -0.235. The molecule has 1 saturated heterocycles. The van der Waals surface area contributed by atoms with Crippen LogP contribution in [0.4, 0.5) is 5.69 Å². The van der Waals surface area contributed by atoms with Gasteiger partial charge in [0, 0.05) is 31.7 Å². The number of benzene rings is 1. The number of carbonyl (C=O) groups excluding carboxylic acids is 1. The Morgan fingerprint density at radius 3 is 2.33 bits per heavy atom. The van der Waals surface area contributed by atoms with Crippen LogP contribution < -0.4 is 10.0 Å². The molecular weight excluding hydrogens is 426 g/mol. The Kier molecular flexibility index (Phi) is 8.43. The lowest BCUT2D eigenvalue weighted by Crippen LogP contribution is -2.39. The van der Waals surface area contributed by atoms with Gasteiger partial charge in [0.1, 0.15) is 0 Å². The molecule has 0 atom stereocenters. The van der Waals surface area contributed by atoms with Crippen molar-refractivity contribution in [1.82, 2.24) is 9.03 Å². The van der Waals surface area contributed by atoms with Crippen molar-refractivity contribution >= 4 is 31.6 Å². The Balaban J connectivity index is 1.84. The minimum atomic E-state index is -3.55. The Hall–Kier alpha value is -1.49. The maximum atomic E-state index is 12.8. The van der Waals surface area contributed by atoms with E-state index in [0.717, 1.165) is 19.3 Å². The van der Waals surface area contributed by atoms with Crippen LogP contribution in [0.2, 0.25) is 0 Å². The molecule has 30 heavy (non-hydrogen) atoms. The van der Waals surface area contributed by atoms with Gasteiger partial charge >= 0.3 is 0 Å². The highest BCUT2D eigenvalue weighted by Crippen LogP contribution is 2.23. The summed E-state index contributed by atoms with van der Waals surface area (Å²) in [6.45, 7) is 6.21. The molecule has 0 aromatic heterocycles. The molecule has 1 aromatic rings. The lowest BCUT2D eigenvalue weighted by molar-refractivity contribution is -0.116. The third-order valence-corrected chi connectivity index (χ3v) is 9.09. The van der Waals surface area contributed by atoms with Crippen molar-refractivity contribution in [2.75, 3.05) is 25.0 Å². The minimum absolute atomic E-state index is 0.179. The van der Waals surface area contributed by atoms with Crippen LogP contribution >= 0.6 is 0 Å². The first kappa shape index (κ1) is 24.8. The number of carbonyl (C=O) groups is 1. The summed E-state index contributed by atoms with van der Waals surface area (Å²) in [6, 6.07) is 6.30. The van der Waals surface area contributed by atoms with Crippen LogP contribution in [-0.2, 0) is 24.8 Å². The van der Waals surface area contributed by atoms with Crippen LogP contribution in [0.15, 0.2) is 29.2 Å². The zero-order chi connectivity index (χ0) is 22.4. The molecule has 0 bridgehead atoms. The number of amides is 1. The number of nitrogens with zero attached hydrogens (tertiary/aromatic N) is 1. The molecule has 1 heterocycles. The average molecular weight is 460 g/mol. The molecule has 1 aliphatic heterocycles. The van der Waals surface area contributed by atoms with Crippen LogP contribution in [0.25, 0.3) is 0 Å². The third kappa shape index (κ3) is 6.76. The molecule has 0 aliphatic carbocycles. The van der Waals surface area contributed by atoms with Gasteiger partial charge in [-0.2, -0.15) is 4.31 Å². The summed E-state index contributed by atoms with van der Waals surface area (Å²) in [5.41, 5.74) is 0.437. The summed E-state index contributed by atoms with van der Waals surface area (Å²) < 4.78 is 52.7. The molecule has 0 radical (unpaired) electrons. The molecule has 1 amide bonds. The molecule has 1 aliphatic rings. The van der Waals surface area contributed by atoms with Crippen molar-refractivity contribution in [1.29, 1.82) is 0 Å². The van der Waals surface area contributed by atoms with Crippen LogP contribution in [0.1, 0.15) is 59.3 Å². The van der Waals surface area contributed by atoms with Gasteiger partial charge in [0.25, 0.3) is 0 Å². The van der Waals surface area contributed by atoms with Gasteiger partial charge in [-0.3, -0.25) is 4.79 Å². The molecular formula is C20H33N3O5S2. The van der Waals surface area contributed by atoms with E-state index in [9.17, 15) is 21.6 Å². The predicted molar refractivity (Wildman–Crippen MR) is 118 cm³/mol. The van der Waals surface area contributed by atoms with Crippen molar-refractivity contribution in [3.8, 4) is 0 Å². The number of unbranched alkanes of at least 4 members (excludes halogenated alkanes) is 1. The average Bonchev–Trinajstić information content (AvgIpc) is 2.67. The second-order valence-corrected chi connectivity index (χ2v) is 13.0. The fourth-order valence-electron chi connectivity index (χ4n) is 3.05. The van der Waals surface area contributed by atoms with Gasteiger partial charge in [-0.15, -0.1) is 0 Å². The standard InChI is InChI=1S/C20H33N3O5S2/c1-20(2,3)30(27,28)21-13-6-5-12-19(24)22-17-10-9-11-18(16-17)29(25,26)23-14-7-4-8-15-23/h9-11,16,21H,4-8,12-15H2,1-3H3,(H,22,24). The minimum Gasteiger partial charge on any atom is -0.326 e. The van der Waals surface area contributed by atoms with Gasteiger partial charge in [0.2, 0.25) is 26.0 Å². The highest BCUT2D eigenvalue weighted by molar-refractivity contribution is 7.90. The summed E-state index contributed by atoms with van der Waals surface area (Å²) in [6.07, 6.45) is 4.04. The van der Waals surface area contributed by atoms with E-state index in [1.165, 1.54) is 10.4 Å². The quantitative estimate of drug-likeness (QED) is 0.551. The number of hydrogen-bond donors (Lipinski definition) is 2. The topological polar surface area (TPSA) is 113 Å². The van der Waals surface area contributed by atoms with Crippen molar-refractivity contribution in [3.63, 3.8) is 0 Å². The Morgan fingerprint density at radius 1 is 1.03 bits per heavy atom. The Morgan fingerprint density at radius 2 is 1.70 bits per heavy atom. The number of sulfonamides is 2. The van der Waals surface area contributed by atoms with Gasteiger partial charge in [-0.05, 0) is 64.7 Å². The highest BCUT2D eigenvalue weighted by Gasteiger charge is 2.28. The summed E-state index contributed by atoms with van der Waals surface area (Å²) >= 11 is 0. The predicted octanol–water partition coefficient (Wildman–Crippen LogP) is 2.69. The van der Waals surface area contributed by atoms with Crippen molar-refractivity contribution in [2.45, 2.75) is 68.9 Å². The zero-order valence-corrected chi connectivity index (χ0v) is 19.6. The molecule has 1 fully saturated rings. The molecule has 8 nitrogen and oxygen atoms in total. The molecule has 2 N–H and O–H groups in total. The van der Waals surface area contributed by atoms with E-state index in [4.69, 9.17) is 0 Å². The first-order chi connectivity index (χ1) is 13.9. The fraction of sp³-hybridized carbons (Fsp3) is 0.650. The lowest BCUT2D eigenvalue weighted by atomic mass is 10.2. The fourth-order valence-corrected chi connectivity index (χ4v) is 5.46. The molecule has 0 unspecified atom stereocenters. The monoisotopic (exact) mass is 459 g/mol. The summed E-state index contributed by atoms with van der Waals surface area (Å²) in [4.78, 5) is 12.4. The largest absolute Gasteiger partial charge is 0.326 e. The molecule has 0 saturated carbocycles. The second kappa shape index (κ2) is 10.2. The Labute approximate surface area is 180 Å². The van der Waals surface area contributed by atoms with Gasteiger partial charge < -0.3 is 5.32 Å². The molecule has 0 spiro atoms. The third-order valence-electron chi connectivity index (χ3n) is 5.00. The second-order valence-electron chi connectivity index (χ2n) is 8.51. The van der Waals surface area contributed by atoms with E-state index in [-0.39, 0.29) is 23.8 Å². The molecule has 170 valence electrons. The number of hydrogen-bond acceptors (Lipinski definition) is 5. The van der Waals surface area contributed by atoms with Gasteiger partial charge in [-0.1, -0.05) is 12.5 Å². The summed E-state index contributed by atoms with van der Waals surface area (Å²) in [5, 5.41) is 2.73. The normalized spacial score (nSPS) is 16.4. The van der Waals surface area contributed by atoms with Crippen LogP contribution in [0, 0.1) is 0 Å². The Bertz CT molecular complexity index is 931. The van der Waals surface area contributed by atoms with Crippen LogP contribution in [0.3, 0.4) is 0 Å². The molecule has 1 aromatic carbocycles. The van der Waals surface area contributed by atoms with E-state index >= 15 is 0 Å². The smallest absolute Gasteiger partial charge is 0.243 e. The molecule has 2 rings (SSSR count). The van der Waals surface area contributed by atoms with E-state index in [1.807, 2.05) is 0 Å². The van der Waals surface area contributed by atoms with E-state index < -0.39 is 24.8 Å². The number of rotatable bonds is 9. The maximum absolute atomic E-state index is 12.8. The highest BCUT2D eigenvalue weighted by atomic mass is 32.2. The first-order valence-electron chi connectivity index (χ1n) is 10.3. The number of nitrogens with one attached hydrogen (secondary N) is 2. The van der Waals surface area contributed by atoms with Crippen LogP contribution in [0.5, 0.6) is 0 Å². The van der Waals surface area contributed by atoms with Crippen molar-refractivity contribution in [2.24, 2.45) is 0 Å². The molecule has 10 heteroatoms. The zero-order valence-electron chi connectivity index (χ0n) is 18.0. The van der Waals surface area contributed by atoms with Gasteiger partial charge in [-0.25, -0.2) is 21.6 Å². The number of anilines is 1. The van der Waals surface area contributed by atoms with Crippen LogP contribution in [-0.4, -0.2) is 51.4 Å². The maximum Gasteiger partial charge on any atom is 0.243 e. The number of piperidine rings is 1. The SMILES string of the molecule is CC(C)(C)S(=O)(=O)NCCCCC(=O)Nc1cccc(S(=O)(=O)N2CCCCC2)c1. The van der Waals surface area contributed by atoms with E-state index in [1.54, 1.807) is 39.0 Å². The van der Waals surface area contributed by atoms with E-state index in [0.29, 0.717) is 31.6 Å². The van der Waals surface area contributed by atoms with Crippen molar-refractivity contribution in [3.05, 3.63) is 24.3 Å².